The Morgan fingerprint density at radius 3 is 0.966 bits per heavy atom. The number of likely N-dealkylation sites (N-methyl/N-ethyl adjacent to an activating group) is 1. The maximum absolute atomic E-state index is 12.9. The van der Waals surface area contributed by atoms with Gasteiger partial charge in [0.15, 0.2) is 6.10 Å². The van der Waals surface area contributed by atoms with Crippen LogP contribution in [0.3, 0.4) is 0 Å². The third-order valence-electron chi connectivity index (χ3n) is 16.4. The number of phosphoric ester groups is 1. The summed E-state index contributed by atoms with van der Waals surface area (Å²) in [6.07, 6.45) is 94.3. The number of carbonyl (C=O) groups is 2. The number of phosphoric acid groups is 1. The summed E-state index contributed by atoms with van der Waals surface area (Å²) in [5.41, 5.74) is 0. The van der Waals surface area contributed by atoms with E-state index in [2.05, 4.69) is 98.9 Å². The largest absolute Gasteiger partial charge is 0.472 e. The smallest absolute Gasteiger partial charge is 0.462 e. The van der Waals surface area contributed by atoms with Crippen LogP contribution in [0, 0.1) is 0 Å². The van der Waals surface area contributed by atoms with Crippen molar-refractivity contribution >= 4 is 19.8 Å². The Balaban J connectivity index is 3.94. The van der Waals surface area contributed by atoms with Crippen LogP contribution >= 0.6 is 7.82 Å². The SMILES string of the molecule is CC/C=C\C/C=C\C/C=C\C/C=C\CCCCCCCCCCCCCCC(=O)OC(COC(=O)CCCCCCCCCCCCCCCCCCCCCCCCCC/C=C\C/C=C\C/C=C\CCCCCCC)COP(=O)(O)OCC[N+](C)(C)C. The Hall–Kier alpha value is -2.81. The molecule has 0 heterocycles. The van der Waals surface area contributed by atoms with Crippen LogP contribution < -0.4 is 0 Å². The zero-order chi connectivity index (χ0) is 64.1. The van der Waals surface area contributed by atoms with Gasteiger partial charge >= 0.3 is 19.8 Å². The van der Waals surface area contributed by atoms with Crippen molar-refractivity contribution in [3.63, 3.8) is 0 Å². The van der Waals surface area contributed by atoms with E-state index in [-0.39, 0.29) is 25.6 Å². The average Bonchev–Trinajstić information content (AvgIpc) is 3.57. The standard InChI is InChI=1S/C78H142NO8P/c1-6-8-10-12-14-16-18-20-22-24-26-28-30-32-33-34-35-36-37-38-39-40-41-42-43-44-45-47-48-50-52-54-56-58-60-62-64-66-68-70-77(80)84-74-76(75-86-88(82,83)85-73-72-79(3,4)5)87-78(81)71-69-67-65-63-61-59-57-55-53-51-49-46-31-29-27-25-23-21-19-17-15-13-11-9-7-2/h9,11,15,17-18,20-21,23-24,26-27,29-30,32,76H,6-8,10,12-14,16,19,22,25,28,31,33-75H2,1-5H3/p+1/b11-9-,17-15-,20-18-,23-21-,26-24-,29-27-,32-30-. The molecule has 0 aliphatic carbocycles. The average molecular weight is 1250 g/mol. The van der Waals surface area contributed by atoms with Crippen LogP contribution in [0.25, 0.3) is 0 Å². The number of nitrogens with zero attached hydrogens (tertiary/aromatic N) is 1. The van der Waals surface area contributed by atoms with Gasteiger partial charge < -0.3 is 18.9 Å². The van der Waals surface area contributed by atoms with Crippen molar-refractivity contribution in [1.29, 1.82) is 0 Å². The van der Waals surface area contributed by atoms with E-state index in [1.807, 2.05) is 21.1 Å². The molecule has 0 bridgehead atoms. The van der Waals surface area contributed by atoms with Gasteiger partial charge in [0.05, 0.1) is 27.7 Å². The lowest BCUT2D eigenvalue weighted by Crippen LogP contribution is -2.37. The van der Waals surface area contributed by atoms with Gasteiger partial charge in [-0.25, -0.2) is 4.57 Å². The molecule has 0 radical (unpaired) electrons. The van der Waals surface area contributed by atoms with Crippen LogP contribution in [0.5, 0.6) is 0 Å². The first-order valence-electron chi connectivity index (χ1n) is 37.3. The predicted octanol–water partition coefficient (Wildman–Crippen LogP) is 24.5. The van der Waals surface area contributed by atoms with Crippen LogP contribution in [0.2, 0.25) is 0 Å². The third kappa shape index (κ3) is 72.3. The summed E-state index contributed by atoms with van der Waals surface area (Å²) in [4.78, 5) is 35.9. The van der Waals surface area contributed by atoms with Gasteiger partial charge in [-0.2, -0.15) is 0 Å². The fraction of sp³-hybridized carbons (Fsp3) is 0.795. The summed E-state index contributed by atoms with van der Waals surface area (Å²) in [5, 5.41) is 0. The highest BCUT2D eigenvalue weighted by molar-refractivity contribution is 7.47. The number of unbranched alkanes of at least 4 members (excludes halogenated alkanes) is 41. The van der Waals surface area contributed by atoms with Crippen LogP contribution in [-0.2, 0) is 32.7 Å². The quantitative estimate of drug-likeness (QED) is 0.0211. The first kappa shape index (κ1) is 85.2. The van der Waals surface area contributed by atoms with E-state index in [4.69, 9.17) is 18.5 Å². The minimum Gasteiger partial charge on any atom is -0.462 e. The monoisotopic (exact) mass is 1250 g/mol. The molecule has 0 aliphatic rings. The second-order valence-electron chi connectivity index (χ2n) is 26.3. The van der Waals surface area contributed by atoms with Gasteiger partial charge in [0.2, 0.25) is 0 Å². The third-order valence-corrected chi connectivity index (χ3v) is 17.4. The van der Waals surface area contributed by atoms with Crippen molar-refractivity contribution in [3.05, 3.63) is 85.1 Å². The summed E-state index contributed by atoms with van der Waals surface area (Å²) < 4.78 is 34.8. The van der Waals surface area contributed by atoms with Gasteiger partial charge in [-0.05, 0) is 89.9 Å². The first-order chi connectivity index (χ1) is 43.0. The van der Waals surface area contributed by atoms with Crippen molar-refractivity contribution in [3.8, 4) is 0 Å². The second-order valence-corrected chi connectivity index (χ2v) is 27.8. The minimum atomic E-state index is -4.40. The zero-order valence-corrected chi connectivity index (χ0v) is 59.4. The van der Waals surface area contributed by atoms with Crippen molar-refractivity contribution in [2.75, 3.05) is 47.5 Å². The van der Waals surface area contributed by atoms with Crippen LogP contribution in [0.4, 0.5) is 0 Å². The van der Waals surface area contributed by atoms with Gasteiger partial charge in [-0.3, -0.25) is 18.6 Å². The molecule has 0 fully saturated rings. The van der Waals surface area contributed by atoms with Crippen molar-refractivity contribution in [2.24, 2.45) is 0 Å². The summed E-state index contributed by atoms with van der Waals surface area (Å²) in [6.45, 7) is 4.35. The molecule has 0 aliphatic heterocycles. The number of hydrogen-bond acceptors (Lipinski definition) is 7. The van der Waals surface area contributed by atoms with Crippen LogP contribution in [0.15, 0.2) is 85.1 Å². The molecule has 0 aromatic rings. The molecule has 2 atom stereocenters. The molecular formula is C78H143NO8P+. The molecule has 0 aromatic carbocycles. The molecule has 0 spiro atoms. The van der Waals surface area contributed by atoms with E-state index >= 15 is 0 Å². The van der Waals surface area contributed by atoms with E-state index in [0.29, 0.717) is 23.9 Å². The van der Waals surface area contributed by atoms with E-state index in [1.165, 1.54) is 238 Å². The molecule has 1 N–H and O–H groups in total. The number of ether oxygens (including phenoxy) is 2. The number of allylic oxidation sites excluding steroid dienone is 14. The Kier molecular flexibility index (Phi) is 66.4. The van der Waals surface area contributed by atoms with Gasteiger partial charge in [-0.15, -0.1) is 0 Å². The predicted molar refractivity (Wildman–Crippen MR) is 381 cm³/mol. The lowest BCUT2D eigenvalue weighted by Gasteiger charge is -2.24. The van der Waals surface area contributed by atoms with Crippen molar-refractivity contribution < 1.29 is 42.1 Å². The summed E-state index contributed by atoms with van der Waals surface area (Å²) in [6, 6.07) is 0. The van der Waals surface area contributed by atoms with E-state index < -0.39 is 26.5 Å². The zero-order valence-electron chi connectivity index (χ0n) is 58.5. The van der Waals surface area contributed by atoms with Crippen LogP contribution in [-0.4, -0.2) is 74.9 Å². The second kappa shape index (κ2) is 68.6. The van der Waals surface area contributed by atoms with Crippen molar-refractivity contribution in [2.45, 2.75) is 354 Å². The maximum Gasteiger partial charge on any atom is 0.472 e. The Morgan fingerprint density at radius 2 is 0.648 bits per heavy atom. The molecule has 0 amide bonds. The Morgan fingerprint density at radius 1 is 0.364 bits per heavy atom. The lowest BCUT2D eigenvalue weighted by molar-refractivity contribution is -0.870. The lowest BCUT2D eigenvalue weighted by atomic mass is 10.0. The topological polar surface area (TPSA) is 108 Å². The highest BCUT2D eigenvalue weighted by Gasteiger charge is 2.27. The van der Waals surface area contributed by atoms with Crippen LogP contribution in [0.1, 0.15) is 348 Å². The number of rotatable bonds is 69. The molecule has 2 unspecified atom stereocenters. The fourth-order valence-corrected chi connectivity index (χ4v) is 11.5. The first-order valence-corrected chi connectivity index (χ1v) is 38.8. The van der Waals surface area contributed by atoms with Gasteiger partial charge in [-0.1, -0.05) is 330 Å². The number of carbonyl (C=O) groups excluding carboxylic acids is 2. The van der Waals surface area contributed by atoms with E-state index in [1.54, 1.807) is 0 Å². The molecule has 0 aromatic heterocycles. The molecule has 10 heteroatoms. The highest BCUT2D eigenvalue weighted by Crippen LogP contribution is 2.43. The van der Waals surface area contributed by atoms with Gasteiger partial charge in [0, 0.05) is 12.8 Å². The molecule has 0 rings (SSSR count). The Labute approximate surface area is 545 Å². The number of esters is 2. The molecule has 0 saturated heterocycles. The van der Waals surface area contributed by atoms with E-state index in [0.717, 1.165) is 77.0 Å². The molecule has 9 nitrogen and oxygen atoms in total. The number of hydrogen-bond donors (Lipinski definition) is 1. The highest BCUT2D eigenvalue weighted by atomic mass is 31.2. The van der Waals surface area contributed by atoms with E-state index in [9.17, 15) is 19.0 Å². The minimum absolute atomic E-state index is 0.0305. The molecule has 512 valence electrons. The normalized spacial score (nSPS) is 13.6. The van der Waals surface area contributed by atoms with Crippen molar-refractivity contribution in [1.82, 2.24) is 0 Å². The number of quaternary nitrogens is 1. The fourth-order valence-electron chi connectivity index (χ4n) is 10.7. The molecule has 88 heavy (non-hydrogen) atoms. The summed E-state index contributed by atoms with van der Waals surface area (Å²) in [5.74, 6) is -0.787. The molecular weight excluding hydrogens is 1110 g/mol. The Bertz CT molecular complexity index is 1760. The summed E-state index contributed by atoms with van der Waals surface area (Å²) in [7, 11) is 1.48. The summed E-state index contributed by atoms with van der Waals surface area (Å²) >= 11 is 0. The maximum atomic E-state index is 12.9. The molecule has 0 saturated carbocycles. The van der Waals surface area contributed by atoms with Gasteiger partial charge in [0.1, 0.15) is 19.8 Å². The van der Waals surface area contributed by atoms with Gasteiger partial charge in [0.25, 0.3) is 0 Å².